The number of carbonyl (C=O) groups excluding carboxylic acids is 1. The Labute approximate surface area is 173 Å². The molecule has 0 radical (unpaired) electrons. The van der Waals surface area contributed by atoms with Crippen LogP contribution in [0, 0.1) is 6.92 Å². The zero-order chi connectivity index (χ0) is 20.2. The Morgan fingerprint density at radius 2 is 1.86 bits per heavy atom. The van der Waals surface area contributed by atoms with Crippen LogP contribution in [0.3, 0.4) is 0 Å². The van der Waals surface area contributed by atoms with E-state index in [1.165, 1.54) is 35.2 Å². The molecular formula is C24H31N3O2. The highest BCUT2D eigenvalue weighted by Crippen LogP contribution is 2.32. The average Bonchev–Trinajstić information content (AvgIpc) is 3.38. The van der Waals surface area contributed by atoms with Crippen LogP contribution in [0.4, 0.5) is 5.69 Å². The van der Waals surface area contributed by atoms with E-state index in [9.17, 15) is 4.79 Å². The van der Waals surface area contributed by atoms with Crippen molar-refractivity contribution in [3.05, 3.63) is 59.2 Å². The first-order chi connectivity index (χ1) is 14.1. The van der Waals surface area contributed by atoms with Crippen molar-refractivity contribution in [3.63, 3.8) is 0 Å². The minimum absolute atomic E-state index is 0.0464. The highest BCUT2D eigenvalue weighted by Gasteiger charge is 2.26. The van der Waals surface area contributed by atoms with E-state index in [1.807, 2.05) is 31.2 Å². The molecule has 0 saturated carbocycles. The second kappa shape index (κ2) is 8.87. The number of benzene rings is 2. The average molecular weight is 394 g/mol. The van der Waals surface area contributed by atoms with Crippen molar-refractivity contribution >= 4 is 11.6 Å². The maximum atomic E-state index is 12.4. The van der Waals surface area contributed by atoms with Gasteiger partial charge >= 0.3 is 0 Å². The van der Waals surface area contributed by atoms with Crippen molar-refractivity contribution in [1.29, 1.82) is 0 Å². The van der Waals surface area contributed by atoms with E-state index in [0.717, 1.165) is 31.8 Å². The van der Waals surface area contributed by atoms with Gasteiger partial charge in [-0.2, -0.15) is 0 Å². The third kappa shape index (κ3) is 4.73. The Kier molecular flexibility index (Phi) is 6.05. The van der Waals surface area contributed by atoms with E-state index in [0.29, 0.717) is 6.54 Å². The fraction of sp³-hybridized carbons (Fsp3) is 0.458. The first-order valence-electron chi connectivity index (χ1n) is 10.6. The molecule has 0 spiro atoms. The molecule has 1 amide bonds. The first-order valence-corrected chi connectivity index (χ1v) is 10.6. The van der Waals surface area contributed by atoms with Crippen molar-refractivity contribution in [1.82, 2.24) is 10.2 Å². The van der Waals surface area contributed by atoms with Crippen molar-refractivity contribution in [2.45, 2.75) is 32.2 Å². The van der Waals surface area contributed by atoms with E-state index in [2.05, 4.69) is 40.4 Å². The fourth-order valence-corrected chi connectivity index (χ4v) is 4.35. The molecule has 2 aliphatic heterocycles. The van der Waals surface area contributed by atoms with Gasteiger partial charge in [0.2, 0.25) is 0 Å². The topological polar surface area (TPSA) is 44.8 Å². The number of hydrogen-bond acceptors (Lipinski definition) is 4. The number of likely N-dealkylation sites (N-methyl/N-ethyl adjacent to an activating group) is 1. The molecule has 5 heteroatoms. The molecule has 1 fully saturated rings. The number of carbonyl (C=O) groups is 1. The quantitative estimate of drug-likeness (QED) is 0.784. The van der Waals surface area contributed by atoms with Gasteiger partial charge in [-0.15, -0.1) is 0 Å². The molecule has 1 atom stereocenters. The van der Waals surface area contributed by atoms with E-state index >= 15 is 0 Å². The number of amides is 1. The van der Waals surface area contributed by atoms with Crippen LogP contribution in [0.5, 0.6) is 5.75 Å². The fourth-order valence-electron chi connectivity index (χ4n) is 4.35. The summed E-state index contributed by atoms with van der Waals surface area (Å²) in [5.41, 5.74) is 5.24. The number of nitrogens with one attached hydrogen (secondary N) is 1. The number of rotatable bonds is 7. The molecule has 2 aromatic rings. The second-order valence-corrected chi connectivity index (χ2v) is 8.22. The number of nitrogens with zero attached hydrogens (tertiary/aromatic N) is 2. The van der Waals surface area contributed by atoms with Gasteiger partial charge in [-0.1, -0.05) is 29.8 Å². The summed E-state index contributed by atoms with van der Waals surface area (Å²) in [6.07, 6.45) is 3.56. The molecular weight excluding hydrogens is 362 g/mol. The van der Waals surface area contributed by atoms with Crippen LogP contribution in [0.15, 0.2) is 42.5 Å². The van der Waals surface area contributed by atoms with Crippen LogP contribution < -0.4 is 15.0 Å². The zero-order valence-corrected chi connectivity index (χ0v) is 17.5. The van der Waals surface area contributed by atoms with E-state index in [4.69, 9.17) is 4.74 Å². The minimum atomic E-state index is -0.0735. The van der Waals surface area contributed by atoms with E-state index in [1.54, 1.807) is 0 Å². The molecule has 2 heterocycles. The molecule has 0 aromatic heterocycles. The van der Waals surface area contributed by atoms with E-state index in [-0.39, 0.29) is 18.6 Å². The second-order valence-electron chi connectivity index (χ2n) is 8.22. The van der Waals surface area contributed by atoms with Gasteiger partial charge in [0.15, 0.2) is 6.61 Å². The van der Waals surface area contributed by atoms with Crippen LogP contribution in [0.1, 0.15) is 35.6 Å². The van der Waals surface area contributed by atoms with Gasteiger partial charge in [-0.05, 0) is 68.6 Å². The molecule has 0 bridgehead atoms. The Balaban J connectivity index is 1.38. The highest BCUT2D eigenvalue weighted by molar-refractivity contribution is 5.77. The summed E-state index contributed by atoms with van der Waals surface area (Å²) in [6, 6.07) is 14.8. The van der Waals surface area contributed by atoms with E-state index < -0.39 is 0 Å². The van der Waals surface area contributed by atoms with Gasteiger partial charge in [0.1, 0.15) is 5.75 Å². The van der Waals surface area contributed by atoms with Crippen molar-refractivity contribution in [2.24, 2.45) is 0 Å². The molecule has 0 aliphatic carbocycles. The van der Waals surface area contributed by atoms with Gasteiger partial charge in [0.25, 0.3) is 5.91 Å². The summed E-state index contributed by atoms with van der Waals surface area (Å²) >= 11 is 0. The third-order valence-electron chi connectivity index (χ3n) is 6.08. The normalized spacial score (nSPS) is 17.2. The molecule has 4 rings (SSSR count). The lowest BCUT2D eigenvalue weighted by Crippen LogP contribution is -2.38. The smallest absolute Gasteiger partial charge is 0.258 e. The zero-order valence-electron chi connectivity index (χ0n) is 17.5. The van der Waals surface area contributed by atoms with Gasteiger partial charge in [0.05, 0.1) is 6.04 Å². The van der Waals surface area contributed by atoms with Gasteiger partial charge in [-0.25, -0.2) is 0 Å². The molecule has 154 valence electrons. The molecule has 1 N–H and O–H groups in total. The minimum Gasteiger partial charge on any atom is -0.484 e. The lowest BCUT2D eigenvalue weighted by molar-refractivity contribution is -0.123. The summed E-state index contributed by atoms with van der Waals surface area (Å²) in [4.78, 5) is 17.2. The largest absolute Gasteiger partial charge is 0.484 e. The Hall–Kier alpha value is -2.53. The number of hydrogen-bond donors (Lipinski definition) is 1. The molecule has 1 saturated heterocycles. The molecule has 1 unspecified atom stereocenters. The first kappa shape index (κ1) is 19.8. The summed E-state index contributed by atoms with van der Waals surface area (Å²) in [5.74, 6) is 0.653. The predicted molar refractivity (Wildman–Crippen MR) is 117 cm³/mol. The number of fused-ring (bicyclic) bond motifs is 1. The van der Waals surface area contributed by atoms with Crippen LogP contribution in [0.2, 0.25) is 0 Å². The number of ether oxygens (including phenoxy) is 1. The van der Waals surface area contributed by atoms with Crippen LogP contribution in [0.25, 0.3) is 0 Å². The lowest BCUT2D eigenvalue weighted by Gasteiger charge is -2.29. The van der Waals surface area contributed by atoms with Crippen LogP contribution >= 0.6 is 0 Å². The third-order valence-corrected chi connectivity index (χ3v) is 6.08. The maximum absolute atomic E-state index is 12.4. The number of anilines is 1. The number of aryl methyl sites for hydroxylation is 1. The van der Waals surface area contributed by atoms with Gasteiger partial charge in [0, 0.05) is 25.8 Å². The Bertz CT molecular complexity index is 844. The van der Waals surface area contributed by atoms with Gasteiger partial charge < -0.3 is 15.0 Å². The summed E-state index contributed by atoms with van der Waals surface area (Å²) < 4.78 is 5.63. The van der Waals surface area contributed by atoms with Crippen LogP contribution in [-0.4, -0.2) is 50.6 Å². The number of likely N-dealkylation sites (tertiary alicyclic amines) is 1. The standard InChI is InChI=1S/C24H31N3O2/c1-18-5-8-21(9-6-18)29-17-24(28)25-16-23(27-12-3-4-13-27)19-7-10-22-20(15-19)11-14-26(22)2/h5-10,15,23H,3-4,11-14,16-17H2,1-2H3,(H,25,28). The molecule has 29 heavy (non-hydrogen) atoms. The SMILES string of the molecule is Cc1ccc(OCC(=O)NCC(c2ccc3c(c2)CCN3C)N2CCCC2)cc1. The lowest BCUT2D eigenvalue weighted by atomic mass is 10.0. The summed E-state index contributed by atoms with van der Waals surface area (Å²) in [7, 11) is 2.15. The predicted octanol–water partition coefficient (Wildman–Crippen LogP) is 3.32. The summed E-state index contributed by atoms with van der Waals surface area (Å²) in [6.45, 7) is 5.97. The molecule has 2 aliphatic rings. The van der Waals surface area contributed by atoms with Crippen LogP contribution in [-0.2, 0) is 11.2 Å². The molecule has 2 aromatic carbocycles. The maximum Gasteiger partial charge on any atom is 0.258 e. The van der Waals surface area contributed by atoms with Crippen molar-refractivity contribution in [3.8, 4) is 5.75 Å². The Morgan fingerprint density at radius 1 is 1.10 bits per heavy atom. The molecule has 5 nitrogen and oxygen atoms in total. The summed E-state index contributed by atoms with van der Waals surface area (Å²) in [5, 5.41) is 3.10. The monoisotopic (exact) mass is 393 g/mol. The van der Waals surface area contributed by atoms with Crippen molar-refractivity contribution < 1.29 is 9.53 Å². The highest BCUT2D eigenvalue weighted by atomic mass is 16.5. The van der Waals surface area contributed by atoms with Gasteiger partial charge in [-0.3, -0.25) is 9.69 Å². The van der Waals surface area contributed by atoms with Crippen molar-refractivity contribution in [2.75, 3.05) is 44.7 Å². The Morgan fingerprint density at radius 3 is 2.62 bits per heavy atom.